The zero-order chi connectivity index (χ0) is 14.5. The topological polar surface area (TPSA) is 71.7 Å². The van der Waals surface area contributed by atoms with Gasteiger partial charge in [0, 0.05) is 24.1 Å². The van der Waals surface area contributed by atoms with E-state index < -0.39 is 6.10 Å². The van der Waals surface area contributed by atoms with Gasteiger partial charge in [-0.1, -0.05) is 0 Å². The van der Waals surface area contributed by atoms with E-state index in [1.807, 2.05) is 19.9 Å². The van der Waals surface area contributed by atoms with Crippen molar-refractivity contribution in [3.05, 3.63) is 35.6 Å². The van der Waals surface area contributed by atoms with Crippen molar-refractivity contribution in [2.45, 2.75) is 20.0 Å². The van der Waals surface area contributed by atoms with E-state index in [-0.39, 0.29) is 19.1 Å². The lowest BCUT2D eigenvalue weighted by atomic mass is 10.1. The molecule has 1 heterocycles. The van der Waals surface area contributed by atoms with Crippen LogP contribution in [0.15, 0.2) is 28.7 Å². The van der Waals surface area contributed by atoms with Crippen LogP contribution in [0.4, 0.5) is 0 Å². The number of aliphatic hydroxyl groups is 1. The van der Waals surface area contributed by atoms with Crippen LogP contribution in [-0.2, 0) is 4.74 Å². The number of carbonyl (C=O) groups excluding carboxylic acids is 1. The van der Waals surface area contributed by atoms with Crippen molar-refractivity contribution < 1.29 is 19.1 Å². The molecule has 1 aromatic carbocycles. The molecular weight excluding hydrogens is 258 g/mol. The third-order valence-corrected chi connectivity index (χ3v) is 2.91. The summed E-state index contributed by atoms with van der Waals surface area (Å²) in [6.45, 7) is 4.65. The second-order valence-corrected chi connectivity index (χ2v) is 4.63. The molecule has 5 nitrogen and oxygen atoms in total. The Morgan fingerprint density at radius 1 is 1.45 bits per heavy atom. The van der Waals surface area contributed by atoms with Crippen LogP contribution < -0.4 is 5.32 Å². The number of nitrogens with one attached hydrogen (secondary N) is 1. The molecule has 2 rings (SSSR count). The Labute approximate surface area is 117 Å². The van der Waals surface area contributed by atoms with Crippen LogP contribution in [0.3, 0.4) is 0 Å². The summed E-state index contributed by atoms with van der Waals surface area (Å²) >= 11 is 0. The molecule has 2 aromatic rings. The molecule has 0 radical (unpaired) electrons. The van der Waals surface area contributed by atoms with Crippen molar-refractivity contribution in [3.8, 4) is 0 Å². The van der Waals surface area contributed by atoms with Gasteiger partial charge < -0.3 is 19.6 Å². The SMILES string of the molecule is CCOCC(O)CNC(=O)c1ccc2oc(C)cc2c1. The number of carbonyl (C=O) groups is 1. The Balaban J connectivity index is 1.96. The molecule has 5 heteroatoms. The summed E-state index contributed by atoms with van der Waals surface area (Å²) in [6, 6.07) is 7.13. The van der Waals surface area contributed by atoms with Crippen molar-refractivity contribution >= 4 is 16.9 Å². The molecule has 1 aromatic heterocycles. The number of furan rings is 1. The van der Waals surface area contributed by atoms with Crippen molar-refractivity contribution in [2.24, 2.45) is 0 Å². The number of hydrogen-bond acceptors (Lipinski definition) is 4. The third kappa shape index (κ3) is 3.59. The summed E-state index contributed by atoms with van der Waals surface area (Å²) in [5.74, 6) is 0.589. The van der Waals surface area contributed by atoms with Crippen LogP contribution in [-0.4, -0.2) is 36.9 Å². The number of benzene rings is 1. The molecule has 0 saturated carbocycles. The Kier molecular flexibility index (Phi) is 4.76. The fraction of sp³-hybridized carbons (Fsp3) is 0.400. The van der Waals surface area contributed by atoms with E-state index in [0.29, 0.717) is 12.2 Å². The second-order valence-electron chi connectivity index (χ2n) is 4.63. The van der Waals surface area contributed by atoms with Gasteiger partial charge in [-0.25, -0.2) is 0 Å². The summed E-state index contributed by atoms with van der Waals surface area (Å²) < 4.78 is 10.5. The van der Waals surface area contributed by atoms with Gasteiger partial charge in [-0.3, -0.25) is 4.79 Å². The molecule has 108 valence electrons. The molecular formula is C15H19NO4. The fourth-order valence-electron chi connectivity index (χ4n) is 1.94. The summed E-state index contributed by atoms with van der Waals surface area (Å²) in [5, 5.41) is 13.2. The number of hydrogen-bond donors (Lipinski definition) is 2. The molecule has 0 fully saturated rings. The van der Waals surface area contributed by atoms with Crippen molar-refractivity contribution in [1.82, 2.24) is 5.32 Å². The molecule has 0 aliphatic heterocycles. The number of aliphatic hydroxyl groups excluding tert-OH is 1. The smallest absolute Gasteiger partial charge is 0.251 e. The average Bonchev–Trinajstić information content (AvgIpc) is 2.81. The van der Waals surface area contributed by atoms with Gasteiger partial charge >= 0.3 is 0 Å². The molecule has 1 unspecified atom stereocenters. The molecule has 0 aliphatic rings. The molecule has 1 amide bonds. The van der Waals surface area contributed by atoms with Crippen molar-refractivity contribution in [2.75, 3.05) is 19.8 Å². The zero-order valence-electron chi connectivity index (χ0n) is 11.7. The number of aryl methyl sites for hydroxylation is 1. The fourth-order valence-corrected chi connectivity index (χ4v) is 1.94. The van der Waals surface area contributed by atoms with Gasteiger partial charge in [-0.05, 0) is 38.1 Å². The lowest BCUT2D eigenvalue weighted by molar-refractivity contribution is 0.0418. The first-order valence-corrected chi connectivity index (χ1v) is 6.64. The number of fused-ring (bicyclic) bond motifs is 1. The second kappa shape index (κ2) is 6.54. The van der Waals surface area contributed by atoms with Gasteiger partial charge in [0.1, 0.15) is 11.3 Å². The summed E-state index contributed by atoms with van der Waals surface area (Å²) in [4.78, 5) is 12.0. The number of rotatable bonds is 6. The predicted molar refractivity (Wildman–Crippen MR) is 75.8 cm³/mol. The Morgan fingerprint density at radius 2 is 2.25 bits per heavy atom. The van der Waals surface area contributed by atoms with Gasteiger partial charge in [0.15, 0.2) is 0 Å². The minimum absolute atomic E-state index is 0.168. The van der Waals surface area contributed by atoms with E-state index in [1.54, 1.807) is 18.2 Å². The van der Waals surface area contributed by atoms with E-state index in [9.17, 15) is 9.90 Å². The summed E-state index contributed by atoms with van der Waals surface area (Å²) in [6.07, 6.45) is -0.696. The highest BCUT2D eigenvalue weighted by molar-refractivity contribution is 5.97. The van der Waals surface area contributed by atoms with E-state index in [0.717, 1.165) is 16.7 Å². The Hall–Kier alpha value is -1.85. The van der Waals surface area contributed by atoms with Gasteiger partial charge in [0.2, 0.25) is 0 Å². The van der Waals surface area contributed by atoms with Gasteiger partial charge in [0.25, 0.3) is 5.91 Å². The minimum Gasteiger partial charge on any atom is -0.461 e. The monoisotopic (exact) mass is 277 g/mol. The maximum atomic E-state index is 12.0. The van der Waals surface area contributed by atoms with E-state index in [2.05, 4.69) is 5.32 Å². The normalized spacial score (nSPS) is 12.6. The van der Waals surface area contributed by atoms with Crippen LogP contribution in [0.1, 0.15) is 23.0 Å². The van der Waals surface area contributed by atoms with Gasteiger partial charge in [0.05, 0.1) is 12.7 Å². The maximum absolute atomic E-state index is 12.0. The van der Waals surface area contributed by atoms with Crippen molar-refractivity contribution in [3.63, 3.8) is 0 Å². The van der Waals surface area contributed by atoms with Crippen molar-refractivity contribution in [1.29, 1.82) is 0 Å². The lowest BCUT2D eigenvalue weighted by Gasteiger charge is -2.11. The number of amides is 1. The largest absolute Gasteiger partial charge is 0.461 e. The van der Waals surface area contributed by atoms with Gasteiger partial charge in [-0.2, -0.15) is 0 Å². The Morgan fingerprint density at radius 3 is 3.00 bits per heavy atom. The molecule has 1 atom stereocenters. The highest BCUT2D eigenvalue weighted by atomic mass is 16.5. The van der Waals surface area contributed by atoms with E-state index in [4.69, 9.17) is 9.15 Å². The maximum Gasteiger partial charge on any atom is 0.251 e. The minimum atomic E-state index is -0.696. The summed E-state index contributed by atoms with van der Waals surface area (Å²) in [5.41, 5.74) is 1.30. The lowest BCUT2D eigenvalue weighted by Crippen LogP contribution is -2.34. The van der Waals surface area contributed by atoms with E-state index >= 15 is 0 Å². The van der Waals surface area contributed by atoms with Crippen LogP contribution in [0.2, 0.25) is 0 Å². The van der Waals surface area contributed by atoms with Crippen LogP contribution >= 0.6 is 0 Å². The molecule has 0 spiro atoms. The van der Waals surface area contributed by atoms with Crippen LogP contribution in [0.25, 0.3) is 11.0 Å². The van der Waals surface area contributed by atoms with E-state index in [1.165, 1.54) is 0 Å². The first kappa shape index (κ1) is 14.6. The molecule has 0 aliphatic carbocycles. The quantitative estimate of drug-likeness (QED) is 0.845. The zero-order valence-corrected chi connectivity index (χ0v) is 11.7. The Bertz CT molecular complexity index is 591. The third-order valence-electron chi connectivity index (χ3n) is 2.91. The highest BCUT2D eigenvalue weighted by Gasteiger charge is 2.10. The standard InChI is InChI=1S/C15H19NO4/c1-3-19-9-13(17)8-16-15(18)11-4-5-14-12(7-11)6-10(2)20-14/h4-7,13,17H,3,8-9H2,1-2H3,(H,16,18). The predicted octanol–water partition coefficient (Wildman–Crippen LogP) is 1.87. The molecule has 20 heavy (non-hydrogen) atoms. The first-order valence-electron chi connectivity index (χ1n) is 6.64. The van der Waals surface area contributed by atoms with Crippen LogP contribution in [0, 0.1) is 6.92 Å². The average molecular weight is 277 g/mol. The molecule has 0 saturated heterocycles. The highest BCUT2D eigenvalue weighted by Crippen LogP contribution is 2.20. The number of ether oxygens (including phenoxy) is 1. The molecule has 2 N–H and O–H groups in total. The van der Waals surface area contributed by atoms with Crippen LogP contribution in [0.5, 0.6) is 0 Å². The molecule has 0 bridgehead atoms. The first-order chi connectivity index (χ1) is 9.60. The summed E-state index contributed by atoms with van der Waals surface area (Å²) in [7, 11) is 0. The van der Waals surface area contributed by atoms with Gasteiger partial charge in [-0.15, -0.1) is 0 Å².